The number of aromatic nitrogens is 2. The van der Waals surface area contributed by atoms with Crippen LogP contribution in [0.5, 0.6) is 0 Å². The van der Waals surface area contributed by atoms with Crippen molar-refractivity contribution < 1.29 is 8.94 Å². The van der Waals surface area contributed by atoms with Crippen molar-refractivity contribution in [2.75, 3.05) is 0 Å². The number of nitrogens with zero attached hydrogens (tertiary/aromatic N) is 2. The Bertz CT molecular complexity index is 592. The molecular weight excluding hydrogens is 289 g/mol. The molecule has 2 atom stereocenters. The van der Waals surface area contributed by atoms with Gasteiger partial charge in [0.1, 0.15) is 4.75 Å². The third-order valence-corrected chi connectivity index (χ3v) is 4.73. The lowest BCUT2D eigenvalue weighted by molar-refractivity contribution is 0.531. The maximum Gasteiger partial charge on any atom is 0.161 e. The van der Waals surface area contributed by atoms with Gasteiger partial charge in [-0.1, -0.05) is 12.1 Å². The van der Waals surface area contributed by atoms with Crippen LogP contribution < -0.4 is 4.72 Å². The van der Waals surface area contributed by atoms with E-state index in [0.717, 1.165) is 11.3 Å². The third kappa shape index (κ3) is 4.06. The normalized spacial score (nSPS) is 15.0. The quantitative estimate of drug-likeness (QED) is 0.883. The Balaban J connectivity index is 2.08. The molecule has 1 N–H and O–H groups in total. The molecular formula is C15H20FN3OS. The van der Waals surface area contributed by atoms with Crippen LogP contribution in [0.2, 0.25) is 0 Å². The molecule has 2 rings (SSSR count). The molecule has 4 nitrogen and oxygen atoms in total. The molecule has 114 valence electrons. The monoisotopic (exact) mass is 309 g/mol. The van der Waals surface area contributed by atoms with Gasteiger partial charge in [-0.15, -0.1) is 4.72 Å². The van der Waals surface area contributed by atoms with E-state index >= 15 is 0 Å². The summed E-state index contributed by atoms with van der Waals surface area (Å²) < 4.78 is 29.3. The van der Waals surface area contributed by atoms with Crippen molar-refractivity contribution in [1.82, 2.24) is 14.5 Å². The molecule has 1 aromatic carbocycles. The fraction of sp³-hybridized carbons (Fsp3) is 0.400. The highest BCUT2D eigenvalue weighted by Crippen LogP contribution is 2.20. The highest BCUT2D eigenvalue weighted by Gasteiger charge is 2.28. The summed E-state index contributed by atoms with van der Waals surface area (Å²) in [5, 5.41) is 3.92. The maximum absolute atomic E-state index is 12.9. The Hall–Kier alpha value is -1.37. The molecule has 21 heavy (non-hydrogen) atoms. The van der Waals surface area contributed by atoms with E-state index in [-0.39, 0.29) is 16.6 Å². The van der Waals surface area contributed by atoms with Gasteiger partial charge in [0, 0.05) is 11.4 Å². The van der Waals surface area contributed by atoms with Crippen LogP contribution in [0.1, 0.15) is 39.3 Å². The van der Waals surface area contributed by atoms with Crippen molar-refractivity contribution in [3.05, 3.63) is 48.0 Å². The fourth-order valence-corrected chi connectivity index (χ4v) is 2.57. The Morgan fingerprint density at radius 1 is 1.29 bits per heavy atom. The van der Waals surface area contributed by atoms with Crippen LogP contribution in [0.3, 0.4) is 0 Å². The molecule has 0 amide bonds. The largest absolute Gasteiger partial charge is 0.598 e. The van der Waals surface area contributed by atoms with E-state index in [9.17, 15) is 8.94 Å². The van der Waals surface area contributed by atoms with Crippen LogP contribution in [0.15, 0.2) is 36.7 Å². The first-order valence-electron chi connectivity index (χ1n) is 6.76. The summed E-state index contributed by atoms with van der Waals surface area (Å²) in [5.41, 5.74) is 1.80. The number of hydrogen-bond acceptors (Lipinski definition) is 3. The predicted molar refractivity (Wildman–Crippen MR) is 83.0 cm³/mol. The smallest absolute Gasteiger partial charge is 0.161 e. The molecule has 0 saturated heterocycles. The standard InChI is InChI=1S/C15H20FN3OS/c1-11(18-21(20)15(2,3)4)12-5-7-14(8-6-12)19-10-13(16)9-17-19/h5-11,18H,1-4H3/t11?,21-/m1/s1. The highest BCUT2D eigenvalue weighted by molar-refractivity contribution is 7.90. The fourth-order valence-electron chi connectivity index (χ4n) is 1.76. The van der Waals surface area contributed by atoms with Gasteiger partial charge in [-0.3, -0.25) is 0 Å². The average molecular weight is 309 g/mol. The molecule has 0 fully saturated rings. The van der Waals surface area contributed by atoms with Gasteiger partial charge in [0.2, 0.25) is 0 Å². The zero-order valence-electron chi connectivity index (χ0n) is 12.6. The third-order valence-electron chi connectivity index (χ3n) is 3.05. The van der Waals surface area contributed by atoms with Crippen LogP contribution in [-0.4, -0.2) is 19.1 Å². The lowest BCUT2D eigenvalue weighted by Gasteiger charge is -2.26. The van der Waals surface area contributed by atoms with Crippen LogP contribution in [0.25, 0.3) is 5.69 Å². The minimum absolute atomic E-state index is 0.0338. The van der Waals surface area contributed by atoms with Crippen LogP contribution in [0, 0.1) is 5.82 Å². The molecule has 0 radical (unpaired) electrons. The summed E-state index contributed by atoms with van der Waals surface area (Å²) in [6.45, 7) is 7.75. The van der Waals surface area contributed by atoms with E-state index in [1.165, 1.54) is 17.1 Å². The van der Waals surface area contributed by atoms with Crippen molar-refractivity contribution in [2.45, 2.75) is 38.5 Å². The second-order valence-corrected chi connectivity index (χ2v) is 7.91. The van der Waals surface area contributed by atoms with Crippen molar-refractivity contribution in [1.29, 1.82) is 0 Å². The summed E-state index contributed by atoms with van der Waals surface area (Å²) >= 11 is -1.12. The van der Waals surface area contributed by atoms with Crippen LogP contribution >= 0.6 is 0 Å². The van der Waals surface area contributed by atoms with Gasteiger partial charge in [0.15, 0.2) is 5.82 Å². The molecule has 0 bridgehead atoms. The number of rotatable bonds is 4. The van der Waals surface area contributed by atoms with Gasteiger partial charge in [0.05, 0.1) is 24.1 Å². The number of hydrogen-bond donors (Lipinski definition) is 1. The van der Waals surface area contributed by atoms with E-state index in [2.05, 4.69) is 9.82 Å². The Kier molecular flexibility index (Phi) is 4.70. The minimum Gasteiger partial charge on any atom is -0.598 e. The van der Waals surface area contributed by atoms with Crippen molar-refractivity contribution in [2.24, 2.45) is 0 Å². The first-order valence-corrected chi connectivity index (χ1v) is 7.91. The topological polar surface area (TPSA) is 52.9 Å². The summed E-state index contributed by atoms with van der Waals surface area (Å²) in [6.07, 6.45) is 2.50. The minimum atomic E-state index is -1.12. The van der Waals surface area contributed by atoms with Gasteiger partial charge in [-0.05, 0) is 45.4 Å². The SMILES string of the molecule is CC(N[S@+]([O-])C(C)(C)C)c1ccc(-n2cc(F)cn2)cc1. The predicted octanol–water partition coefficient (Wildman–Crippen LogP) is 3.12. The van der Waals surface area contributed by atoms with E-state index in [4.69, 9.17) is 0 Å². The zero-order valence-corrected chi connectivity index (χ0v) is 13.4. The Labute approximate surface area is 127 Å². The lowest BCUT2D eigenvalue weighted by Crippen LogP contribution is -2.40. The number of nitrogens with one attached hydrogen (secondary N) is 1. The van der Waals surface area contributed by atoms with E-state index in [1.807, 2.05) is 52.0 Å². The highest BCUT2D eigenvalue weighted by atomic mass is 32.2. The molecule has 1 aromatic heterocycles. The number of halogens is 1. The second-order valence-electron chi connectivity index (χ2n) is 5.92. The van der Waals surface area contributed by atoms with Gasteiger partial charge in [-0.2, -0.15) is 5.10 Å². The van der Waals surface area contributed by atoms with Crippen molar-refractivity contribution in [3.8, 4) is 5.69 Å². The number of benzene rings is 1. The summed E-state index contributed by atoms with van der Waals surface area (Å²) in [4.78, 5) is 0. The van der Waals surface area contributed by atoms with Gasteiger partial charge < -0.3 is 4.55 Å². The Morgan fingerprint density at radius 2 is 1.90 bits per heavy atom. The lowest BCUT2D eigenvalue weighted by atomic mass is 10.1. The second kappa shape index (κ2) is 6.17. The molecule has 2 aromatic rings. The first-order chi connectivity index (χ1) is 9.77. The molecule has 0 spiro atoms. The van der Waals surface area contributed by atoms with Gasteiger partial charge >= 0.3 is 0 Å². The summed E-state index contributed by atoms with van der Waals surface area (Å²) in [5.74, 6) is -0.366. The zero-order chi connectivity index (χ0) is 15.6. The van der Waals surface area contributed by atoms with Gasteiger partial charge in [-0.25, -0.2) is 9.07 Å². The van der Waals surface area contributed by atoms with Crippen LogP contribution in [-0.2, 0) is 11.4 Å². The van der Waals surface area contributed by atoms with Crippen LogP contribution in [0.4, 0.5) is 4.39 Å². The molecule has 6 heteroatoms. The summed E-state index contributed by atoms with van der Waals surface area (Å²) in [7, 11) is 0. The summed E-state index contributed by atoms with van der Waals surface area (Å²) in [6, 6.07) is 7.53. The molecule has 0 aliphatic heterocycles. The molecule has 1 unspecified atom stereocenters. The Morgan fingerprint density at radius 3 is 2.38 bits per heavy atom. The molecule has 0 aliphatic rings. The average Bonchev–Trinajstić information content (AvgIpc) is 2.84. The van der Waals surface area contributed by atoms with Crippen molar-refractivity contribution >= 4 is 11.4 Å². The molecule has 1 heterocycles. The van der Waals surface area contributed by atoms with Gasteiger partial charge in [0.25, 0.3) is 0 Å². The van der Waals surface area contributed by atoms with E-state index in [1.54, 1.807) is 0 Å². The van der Waals surface area contributed by atoms with E-state index < -0.39 is 11.4 Å². The molecule has 0 aliphatic carbocycles. The molecule has 0 saturated carbocycles. The van der Waals surface area contributed by atoms with Crippen molar-refractivity contribution in [3.63, 3.8) is 0 Å². The maximum atomic E-state index is 12.9. The van der Waals surface area contributed by atoms with E-state index in [0.29, 0.717) is 0 Å². The first kappa shape index (κ1) is 16.0.